The molecule has 1 N–H and O–H groups in total. The first kappa shape index (κ1) is 11.9. The summed E-state index contributed by atoms with van der Waals surface area (Å²) in [7, 11) is 0. The summed E-state index contributed by atoms with van der Waals surface area (Å²) in [6.45, 7) is 2.28. The van der Waals surface area contributed by atoms with Crippen molar-refractivity contribution in [2.75, 3.05) is 0 Å². The zero-order valence-corrected chi connectivity index (χ0v) is 10.5. The molecule has 90 valence electrons. The molecule has 0 aromatic heterocycles. The van der Waals surface area contributed by atoms with Crippen molar-refractivity contribution in [1.82, 2.24) is 5.32 Å². The average molecular weight is 219 g/mol. The third kappa shape index (κ3) is 2.98. The van der Waals surface area contributed by atoms with Crippen LogP contribution in [0.1, 0.15) is 58.3 Å². The molecule has 2 atom stereocenters. The van der Waals surface area contributed by atoms with Crippen LogP contribution in [0.25, 0.3) is 0 Å². The quantitative estimate of drug-likeness (QED) is 0.557. The van der Waals surface area contributed by atoms with Crippen molar-refractivity contribution in [2.45, 2.75) is 69.9 Å². The van der Waals surface area contributed by atoms with Gasteiger partial charge in [-0.1, -0.05) is 50.5 Å². The number of nitrogens with one attached hydrogen (secondary N) is 1. The predicted octanol–water partition coefficient (Wildman–Crippen LogP) is 3.96. The molecule has 1 aliphatic carbocycles. The van der Waals surface area contributed by atoms with Gasteiger partial charge < -0.3 is 5.32 Å². The average Bonchev–Trinajstić information content (AvgIpc) is 2.31. The van der Waals surface area contributed by atoms with Gasteiger partial charge >= 0.3 is 0 Å². The molecule has 1 heteroatoms. The Morgan fingerprint density at radius 2 is 2.12 bits per heavy atom. The third-order valence-electron chi connectivity index (χ3n) is 3.84. The fourth-order valence-corrected chi connectivity index (χ4v) is 2.91. The number of allylic oxidation sites excluding steroid dienone is 1. The molecule has 0 fully saturated rings. The lowest BCUT2D eigenvalue weighted by molar-refractivity contribution is 0.332. The monoisotopic (exact) mass is 219 g/mol. The summed E-state index contributed by atoms with van der Waals surface area (Å²) in [5, 5.41) is 3.85. The summed E-state index contributed by atoms with van der Waals surface area (Å²) >= 11 is 0. The highest BCUT2D eigenvalue weighted by molar-refractivity contribution is 5.24. The van der Waals surface area contributed by atoms with E-state index in [9.17, 15) is 0 Å². The van der Waals surface area contributed by atoms with E-state index >= 15 is 0 Å². The molecule has 16 heavy (non-hydrogen) atoms. The molecule has 0 aromatic rings. The SMILES string of the molecule is CCCCC[C@@H]1CC=C[C@@]2(C=CCCC2)N1. The van der Waals surface area contributed by atoms with E-state index in [4.69, 9.17) is 0 Å². The van der Waals surface area contributed by atoms with Crippen molar-refractivity contribution >= 4 is 0 Å². The minimum absolute atomic E-state index is 0.216. The van der Waals surface area contributed by atoms with Gasteiger partial charge in [-0.25, -0.2) is 0 Å². The molecule has 2 rings (SSSR count). The van der Waals surface area contributed by atoms with E-state index < -0.39 is 0 Å². The minimum Gasteiger partial charge on any atom is -0.302 e. The molecule has 0 bridgehead atoms. The van der Waals surface area contributed by atoms with Crippen molar-refractivity contribution in [3.05, 3.63) is 24.3 Å². The molecule has 1 heterocycles. The number of hydrogen-bond acceptors (Lipinski definition) is 1. The van der Waals surface area contributed by atoms with Crippen LogP contribution in [0.5, 0.6) is 0 Å². The molecule has 1 aliphatic heterocycles. The van der Waals surface area contributed by atoms with E-state index in [0.29, 0.717) is 6.04 Å². The first-order chi connectivity index (χ1) is 7.85. The topological polar surface area (TPSA) is 12.0 Å². The highest BCUT2D eigenvalue weighted by Gasteiger charge is 2.30. The lowest BCUT2D eigenvalue weighted by atomic mass is 9.83. The molecule has 1 spiro atoms. The second kappa shape index (κ2) is 5.67. The standard InChI is InChI=1S/C15H25N/c1-2-3-5-9-14-10-8-13-15(16-14)11-6-4-7-12-15/h6,8,11,13-14,16H,2-5,7,9-10,12H2,1H3/t14-,15+/m1/s1. The third-order valence-corrected chi connectivity index (χ3v) is 3.84. The second-order valence-corrected chi connectivity index (χ2v) is 5.31. The van der Waals surface area contributed by atoms with Crippen molar-refractivity contribution in [3.63, 3.8) is 0 Å². The molecule has 0 saturated heterocycles. The first-order valence-electron chi connectivity index (χ1n) is 6.98. The van der Waals surface area contributed by atoms with Crippen LogP contribution in [-0.4, -0.2) is 11.6 Å². The van der Waals surface area contributed by atoms with Crippen molar-refractivity contribution in [2.24, 2.45) is 0 Å². The minimum atomic E-state index is 0.216. The second-order valence-electron chi connectivity index (χ2n) is 5.31. The van der Waals surface area contributed by atoms with Crippen LogP contribution in [0.15, 0.2) is 24.3 Å². The Balaban J connectivity index is 1.88. The summed E-state index contributed by atoms with van der Waals surface area (Å²) in [6.07, 6.45) is 20.0. The van der Waals surface area contributed by atoms with Crippen molar-refractivity contribution in [1.29, 1.82) is 0 Å². The summed E-state index contributed by atoms with van der Waals surface area (Å²) in [5.41, 5.74) is 0.216. The molecule has 1 nitrogen and oxygen atoms in total. The van der Waals surface area contributed by atoms with Crippen molar-refractivity contribution < 1.29 is 0 Å². The summed E-state index contributed by atoms with van der Waals surface area (Å²) in [4.78, 5) is 0. The van der Waals surface area contributed by atoms with Gasteiger partial charge in [0, 0.05) is 6.04 Å². The highest BCUT2D eigenvalue weighted by Crippen LogP contribution is 2.28. The Bertz CT molecular complexity index is 267. The molecular formula is C15H25N. The van der Waals surface area contributed by atoms with E-state index in [1.54, 1.807) is 0 Å². The molecule has 0 unspecified atom stereocenters. The summed E-state index contributed by atoms with van der Waals surface area (Å²) < 4.78 is 0. The summed E-state index contributed by atoms with van der Waals surface area (Å²) in [5.74, 6) is 0. The van der Waals surface area contributed by atoms with Gasteiger partial charge in [0.05, 0.1) is 5.54 Å². The molecule has 0 aromatic carbocycles. The Morgan fingerprint density at radius 1 is 1.25 bits per heavy atom. The Morgan fingerprint density at radius 3 is 2.88 bits per heavy atom. The molecule has 0 saturated carbocycles. The van der Waals surface area contributed by atoms with Gasteiger partial charge in [0.2, 0.25) is 0 Å². The molecule has 0 amide bonds. The van der Waals surface area contributed by atoms with Gasteiger partial charge in [0.25, 0.3) is 0 Å². The number of rotatable bonds is 4. The van der Waals surface area contributed by atoms with E-state index in [1.165, 1.54) is 51.4 Å². The van der Waals surface area contributed by atoms with E-state index in [1.807, 2.05) is 0 Å². The highest BCUT2D eigenvalue weighted by atomic mass is 15.0. The Labute approximate surface area is 100 Å². The van der Waals surface area contributed by atoms with Crippen molar-refractivity contribution in [3.8, 4) is 0 Å². The van der Waals surface area contributed by atoms with E-state index in [-0.39, 0.29) is 5.54 Å². The van der Waals surface area contributed by atoms with Crippen LogP contribution >= 0.6 is 0 Å². The normalized spacial score (nSPS) is 33.4. The fourth-order valence-electron chi connectivity index (χ4n) is 2.91. The first-order valence-corrected chi connectivity index (χ1v) is 6.98. The maximum absolute atomic E-state index is 3.85. The van der Waals surface area contributed by atoms with Gasteiger partial charge in [0.15, 0.2) is 0 Å². The predicted molar refractivity (Wildman–Crippen MR) is 70.5 cm³/mol. The van der Waals surface area contributed by atoms with Crippen LogP contribution in [0, 0.1) is 0 Å². The fraction of sp³-hybridized carbons (Fsp3) is 0.733. The smallest absolute Gasteiger partial charge is 0.0552 e. The number of unbranched alkanes of at least 4 members (excludes halogenated alkanes) is 2. The van der Waals surface area contributed by atoms with Gasteiger partial charge in [0.1, 0.15) is 0 Å². The maximum atomic E-state index is 3.85. The van der Waals surface area contributed by atoms with E-state index in [0.717, 1.165) is 0 Å². The van der Waals surface area contributed by atoms with Gasteiger partial charge in [-0.2, -0.15) is 0 Å². The zero-order valence-electron chi connectivity index (χ0n) is 10.5. The van der Waals surface area contributed by atoms with Crippen LogP contribution in [0.3, 0.4) is 0 Å². The Hall–Kier alpha value is -0.560. The van der Waals surface area contributed by atoms with Crippen LogP contribution in [-0.2, 0) is 0 Å². The lowest BCUT2D eigenvalue weighted by Crippen LogP contribution is -2.50. The molecule has 2 aliphatic rings. The van der Waals surface area contributed by atoms with Crippen LogP contribution in [0.2, 0.25) is 0 Å². The number of hydrogen-bond donors (Lipinski definition) is 1. The van der Waals surface area contributed by atoms with Crippen LogP contribution < -0.4 is 5.32 Å². The molecule has 0 radical (unpaired) electrons. The zero-order chi connectivity index (χ0) is 11.3. The maximum Gasteiger partial charge on any atom is 0.0552 e. The van der Waals surface area contributed by atoms with Gasteiger partial charge in [-0.15, -0.1) is 0 Å². The van der Waals surface area contributed by atoms with Gasteiger partial charge in [-0.3, -0.25) is 0 Å². The van der Waals surface area contributed by atoms with Crippen LogP contribution in [0.4, 0.5) is 0 Å². The largest absolute Gasteiger partial charge is 0.302 e. The lowest BCUT2D eigenvalue weighted by Gasteiger charge is -2.38. The summed E-state index contributed by atoms with van der Waals surface area (Å²) in [6, 6.07) is 0.708. The van der Waals surface area contributed by atoms with Gasteiger partial charge in [-0.05, 0) is 32.1 Å². The Kier molecular flexibility index (Phi) is 4.22. The van der Waals surface area contributed by atoms with E-state index in [2.05, 4.69) is 36.5 Å². The molecular weight excluding hydrogens is 194 g/mol.